The topological polar surface area (TPSA) is 12.0 Å². The van der Waals surface area contributed by atoms with Crippen molar-refractivity contribution in [3.05, 3.63) is 35.9 Å². The Morgan fingerprint density at radius 3 is 2.62 bits per heavy atom. The van der Waals surface area contributed by atoms with E-state index < -0.39 is 0 Å². The standard InChI is InChI=1S/C10H13ClFN/c11-10(8-13-7-6-12)9-4-2-1-3-5-9/h1-5,10,13H,6-8H2. The summed E-state index contributed by atoms with van der Waals surface area (Å²) in [6.07, 6.45) is 0. The van der Waals surface area contributed by atoms with Gasteiger partial charge in [-0.05, 0) is 5.56 Å². The van der Waals surface area contributed by atoms with E-state index in [0.717, 1.165) is 5.56 Å². The van der Waals surface area contributed by atoms with Crippen molar-refractivity contribution in [1.29, 1.82) is 0 Å². The molecule has 0 saturated carbocycles. The zero-order valence-corrected chi connectivity index (χ0v) is 8.10. The minimum absolute atomic E-state index is 0.0762. The van der Waals surface area contributed by atoms with Crippen LogP contribution in [0.2, 0.25) is 0 Å². The minimum Gasteiger partial charge on any atom is -0.312 e. The smallest absolute Gasteiger partial charge is 0.102 e. The molecule has 0 aliphatic rings. The molecule has 1 N–H and O–H groups in total. The predicted molar refractivity (Wildman–Crippen MR) is 53.9 cm³/mol. The van der Waals surface area contributed by atoms with Gasteiger partial charge in [-0.1, -0.05) is 30.3 Å². The van der Waals surface area contributed by atoms with Crippen molar-refractivity contribution in [2.45, 2.75) is 5.38 Å². The van der Waals surface area contributed by atoms with Crippen LogP contribution in [0.1, 0.15) is 10.9 Å². The van der Waals surface area contributed by atoms with Crippen molar-refractivity contribution in [3.63, 3.8) is 0 Å². The molecule has 1 aromatic rings. The molecular formula is C10H13ClFN. The Kier molecular flexibility index (Phi) is 4.79. The van der Waals surface area contributed by atoms with E-state index in [9.17, 15) is 4.39 Å². The van der Waals surface area contributed by atoms with E-state index in [-0.39, 0.29) is 12.1 Å². The summed E-state index contributed by atoms with van der Waals surface area (Å²) in [6.45, 7) is 0.629. The van der Waals surface area contributed by atoms with Crippen molar-refractivity contribution in [3.8, 4) is 0 Å². The van der Waals surface area contributed by atoms with Crippen LogP contribution in [0.3, 0.4) is 0 Å². The zero-order chi connectivity index (χ0) is 9.52. The molecule has 1 atom stereocenters. The molecule has 0 aliphatic carbocycles. The van der Waals surface area contributed by atoms with Crippen molar-refractivity contribution < 1.29 is 4.39 Å². The highest BCUT2D eigenvalue weighted by Gasteiger charge is 2.05. The predicted octanol–water partition coefficient (Wildman–Crippen LogP) is 2.53. The van der Waals surface area contributed by atoms with Crippen LogP contribution in [-0.2, 0) is 0 Å². The fraction of sp³-hybridized carbons (Fsp3) is 0.400. The van der Waals surface area contributed by atoms with E-state index in [4.69, 9.17) is 11.6 Å². The molecule has 0 fully saturated rings. The van der Waals surface area contributed by atoms with Gasteiger partial charge in [-0.2, -0.15) is 0 Å². The Morgan fingerprint density at radius 1 is 1.31 bits per heavy atom. The Balaban J connectivity index is 2.35. The fourth-order valence-electron chi connectivity index (χ4n) is 1.08. The maximum absolute atomic E-state index is 11.7. The number of rotatable bonds is 5. The van der Waals surface area contributed by atoms with Crippen LogP contribution >= 0.6 is 11.6 Å². The van der Waals surface area contributed by atoms with E-state index in [0.29, 0.717) is 13.1 Å². The highest BCUT2D eigenvalue weighted by atomic mass is 35.5. The number of hydrogen-bond donors (Lipinski definition) is 1. The van der Waals surface area contributed by atoms with Crippen LogP contribution in [0.4, 0.5) is 4.39 Å². The summed E-state index contributed by atoms with van der Waals surface area (Å²) >= 11 is 6.06. The summed E-state index contributed by atoms with van der Waals surface area (Å²) < 4.78 is 11.7. The molecule has 1 unspecified atom stereocenters. The lowest BCUT2D eigenvalue weighted by Gasteiger charge is -2.09. The second kappa shape index (κ2) is 5.95. The lowest BCUT2D eigenvalue weighted by Crippen LogP contribution is -2.21. The average Bonchev–Trinajstić information content (AvgIpc) is 2.19. The summed E-state index contributed by atoms with van der Waals surface area (Å²) in [6, 6.07) is 9.77. The minimum atomic E-state index is -0.349. The van der Waals surface area contributed by atoms with E-state index in [1.54, 1.807) is 0 Å². The Bertz CT molecular complexity index is 228. The third kappa shape index (κ3) is 3.75. The molecule has 0 aromatic heterocycles. The lowest BCUT2D eigenvalue weighted by molar-refractivity contribution is 0.467. The molecule has 0 spiro atoms. The maximum atomic E-state index is 11.7. The van der Waals surface area contributed by atoms with Gasteiger partial charge in [0, 0.05) is 13.1 Å². The Morgan fingerprint density at radius 2 is 2.00 bits per heavy atom. The molecule has 13 heavy (non-hydrogen) atoms. The summed E-state index contributed by atoms with van der Waals surface area (Å²) in [7, 11) is 0. The van der Waals surface area contributed by atoms with Crippen LogP contribution < -0.4 is 5.32 Å². The van der Waals surface area contributed by atoms with E-state index in [1.165, 1.54) is 0 Å². The number of hydrogen-bond acceptors (Lipinski definition) is 1. The van der Waals surface area contributed by atoms with Crippen molar-refractivity contribution in [2.24, 2.45) is 0 Å². The third-order valence-corrected chi connectivity index (χ3v) is 2.16. The molecule has 0 saturated heterocycles. The monoisotopic (exact) mass is 201 g/mol. The van der Waals surface area contributed by atoms with Gasteiger partial charge < -0.3 is 5.32 Å². The second-order valence-corrected chi connectivity index (χ2v) is 3.30. The van der Waals surface area contributed by atoms with Gasteiger partial charge in [0.05, 0.1) is 5.38 Å². The average molecular weight is 202 g/mol. The lowest BCUT2D eigenvalue weighted by atomic mass is 10.1. The van der Waals surface area contributed by atoms with E-state index >= 15 is 0 Å². The first-order valence-corrected chi connectivity index (χ1v) is 4.74. The largest absolute Gasteiger partial charge is 0.312 e. The molecule has 3 heteroatoms. The third-order valence-electron chi connectivity index (χ3n) is 1.76. The van der Waals surface area contributed by atoms with Gasteiger partial charge >= 0.3 is 0 Å². The number of benzene rings is 1. The van der Waals surface area contributed by atoms with Gasteiger partial charge in [0.15, 0.2) is 0 Å². The fourth-order valence-corrected chi connectivity index (χ4v) is 1.33. The normalized spacial score (nSPS) is 12.8. The van der Waals surface area contributed by atoms with Crippen LogP contribution in [0.5, 0.6) is 0 Å². The molecule has 1 rings (SSSR count). The summed E-state index contributed by atoms with van der Waals surface area (Å²) in [5.41, 5.74) is 1.07. The molecule has 72 valence electrons. The molecule has 0 aliphatic heterocycles. The van der Waals surface area contributed by atoms with Crippen molar-refractivity contribution in [2.75, 3.05) is 19.8 Å². The Hall–Kier alpha value is -0.600. The first-order valence-electron chi connectivity index (χ1n) is 4.30. The molecule has 0 radical (unpaired) electrons. The summed E-state index contributed by atoms with van der Waals surface area (Å²) in [4.78, 5) is 0. The zero-order valence-electron chi connectivity index (χ0n) is 7.34. The molecule has 1 nitrogen and oxygen atoms in total. The van der Waals surface area contributed by atoms with Gasteiger partial charge in [0.2, 0.25) is 0 Å². The van der Waals surface area contributed by atoms with Crippen molar-refractivity contribution >= 4 is 11.6 Å². The van der Waals surface area contributed by atoms with Crippen LogP contribution in [0.15, 0.2) is 30.3 Å². The maximum Gasteiger partial charge on any atom is 0.102 e. The van der Waals surface area contributed by atoms with Gasteiger partial charge in [-0.3, -0.25) is 0 Å². The summed E-state index contributed by atoms with van der Waals surface area (Å²) in [5, 5.41) is 2.85. The highest BCUT2D eigenvalue weighted by molar-refractivity contribution is 6.21. The molecule has 0 amide bonds. The molecular weight excluding hydrogens is 189 g/mol. The Labute approximate surface area is 82.9 Å². The molecule has 0 heterocycles. The first-order chi connectivity index (χ1) is 6.34. The quantitative estimate of drug-likeness (QED) is 0.570. The number of halogens is 2. The van der Waals surface area contributed by atoms with Gasteiger partial charge in [-0.15, -0.1) is 11.6 Å². The van der Waals surface area contributed by atoms with Crippen molar-refractivity contribution in [1.82, 2.24) is 5.32 Å². The molecule has 1 aromatic carbocycles. The first kappa shape index (κ1) is 10.5. The number of alkyl halides is 2. The van der Waals surface area contributed by atoms with Crippen LogP contribution in [0.25, 0.3) is 0 Å². The second-order valence-electron chi connectivity index (χ2n) is 2.77. The summed E-state index contributed by atoms with van der Waals surface area (Å²) in [5.74, 6) is 0. The van der Waals surface area contributed by atoms with Crippen LogP contribution in [0, 0.1) is 0 Å². The van der Waals surface area contributed by atoms with Crippen LogP contribution in [-0.4, -0.2) is 19.8 Å². The van der Waals surface area contributed by atoms with Gasteiger partial charge in [-0.25, -0.2) is 4.39 Å². The SMILES string of the molecule is FCCNCC(Cl)c1ccccc1. The van der Waals surface area contributed by atoms with Gasteiger partial charge in [0.1, 0.15) is 6.67 Å². The molecule has 0 bridgehead atoms. The van der Waals surface area contributed by atoms with Gasteiger partial charge in [0.25, 0.3) is 0 Å². The van der Waals surface area contributed by atoms with E-state index in [2.05, 4.69) is 5.32 Å². The van der Waals surface area contributed by atoms with E-state index in [1.807, 2.05) is 30.3 Å². The highest BCUT2D eigenvalue weighted by Crippen LogP contribution is 2.18. The number of nitrogens with one attached hydrogen (secondary N) is 1.